The molecule has 9 nitrogen and oxygen atoms in total. The summed E-state index contributed by atoms with van der Waals surface area (Å²) < 4.78 is 4.95. The van der Waals surface area contributed by atoms with E-state index in [-0.39, 0.29) is 43.5 Å². The van der Waals surface area contributed by atoms with Crippen molar-refractivity contribution in [2.45, 2.75) is 6.42 Å². The number of nitro benzene ring substituents is 1. The Morgan fingerprint density at radius 3 is 2.95 bits per heavy atom. The monoisotopic (exact) mass is 294 g/mol. The van der Waals surface area contributed by atoms with Crippen LogP contribution in [0.2, 0.25) is 0 Å². The van der Waals surface area contributed by atoms with Crippen LogP contribution >= 0.6 is 0 Å². The number of primary amides is 1. The van der Waals surface area contributed by atoms with Gasteiger partial charge in [-0.3, -0.25) is 19.7 Å². The van der Waals surface area contributed by atoms with Crippen molar-refractivity contribution in [3.05, 3.63) is 27.8 Å². The van der Waals surface area contributed by atoms with E-state index in [2.05, 4.69) is 10.6 Å². The highest BCUT2D eigenvalue weighted by Crippen LogP contribution is 2.34. The summed E-state index contributed by atoms with van der Waals surface area (Å²) >= 11 is 0. The van der Waals surface area contributed by atoms with Gasteiger partial charge in [0.1, 0.15) is 12.3 Å². The zero-order valence-electron chi connectivity index (χ0n) is 11.0. The number of fused-ring (bicyclic) bond motifs is 1. The van der Waals surface area contributed by atoms with E-state index in [4.69, 9.17) is 10.5 Å². The molecule has 0 saturated heterocycles. The van der Waals surface area contributed by atoms with E-state index >= 15 is 0 Å². The first kappa shape index (κ1) is 14.7. The number of carbonyl (C=O) groups excluding carboxylic acids is 2. The number of carbonyl (C=O) groups is 2. The molecule has 112 valence electrons. The average Bonchev–Trinajstić information content (AvgIpc) is 2.75. The van der Waals surface area contributed by atoms with Crippen molar-refractivity contribution in [3.8, 4) is 0 Å². The van der Waals surface area contributed by atoms with Crippen molar-refractivity contribution in [3.63, 3.8) is 0 Å². The number of nitro groups is 1. The third kappa shape index (κ3) is 3.66. The van der Waals surface area contributed by atoms with E-state index in [1.165, 1.54) is 12.1 Å². The van der Waals surface area contributed by atoms with Gasteiger partial charge in [-0.2, -0.15) is 0 Å². The molecular weight excluding hydrogens is 280 g/mol. The minimum atomic E-state index is -0.582. The van der Waals surface area contributed by atoms with E-state index in [1.54, 1.807) is 0 Å². The molecule has 1 aliphatic heterocycles. The van der Waals surface area contributed by atoms with Crippen molar-refractivity contribution in [1.82, 2.24) is 0 Å². The van der Waals surface area contributed by atoms with Gasteiger partial charge in [0.05, 0.1) is 18.0 Å². The van der Waals surface area contributed by atoms with Crippen molar-refractivity contribution < 1.29 is 19.2 Å². The summed E-state index contributed by atoms with van der Waals surface area (Å²) in [5.74, 6) is -0.775. The van der Waals surface area contributed by atoms with Crippen LogP contribution < -0.4 is 16.4 Å². The number of amides is 2. The van der Waals surface area contributed by atoms with Crippen LogP contribution in [0.3, 0.4) is 0 Å². The third-order valence-electron chi connectivity index (χ3n) is 2.85. The van der Waals surface area contributed by atoms with Crippen LogP contribution in [0.5, 0.6) is 0 Å². The van der Waals surface area contributed by atoms with Gasteiger partial charge in [0, 0.05) is 18.3 Å². The summed E-state index contributed by atoms with van der Waals surface area (Å²) in [6.07, 6.45) is 0.137. The molecule has 2 amide bonds. The van der Waals surface area contributed by atoms with Crippen LogP contribution in [0.4, 0.5) is 17.1 Å². The van der Waals surface area contributed by atoms with Crippen LogP contribution in [-0.4, -0.2) is 36.5 Å². The average molecular weight is 294 g/mol. The number of hydrogen-bond acceptors (Lipinski definition) is 6. The number of rotatable bonds is 7. The van der Waals surface area contributed by atoms with Crippen LogP contribution in [0.15, 0.2) is 12.1 Å². The quantitative estimate of drug-likeness (QED) is 0.368. The molecule has 0 fully saturated rings. The molecule has 0 radical (unpaired) electrons. The lowest BCUT2D eigenvalue weighted by molar-refractivity contribution is -0.384. The molecule has 0 bridgehead atoms. The van der Waals surface area contributed by atoms with Crippen LogP contribution in [0.1, 0.15) is 5.56 Å². The van der Waals surface area contributed by atoms with Gasteiger partial charge in [-0.25, -0.2) is 0 Å². The molecule has 1 heterocycles. The molecule has 0 aromatic heterocycles. The summed E-state index contributed by atoms with van der Waals surface area (Å²) in [7, 11) is 0. The van der Waals surface area contributed by atoms with E-state index < -0.39 is 10.8 Å². The third-order valence-corrected chi connectivity index (χ3v) is 2.85. The van der Waals surface area contributed by atoms with Gasteiger partial charge in [0.2, 0.25) is 11.8 Å². The standard InChI is InChI=1S/C12H14N4O5/c13-11(17)6-21-2-1-14-9-5-8-7(4-12(18)15-8)3-10(9)16(19)20/h3,5,14H,1-2,4,6H2,(H2,13,17)(H,15,18). The second-order valence-corrected chi connectivity index (χ2v) is 4.45. The largest absolute Gasteiger partial charge is 0.377 e. The van der Waals surface area contributed by atoms with Crippen molar-refractivity contribution in [2.75, 3.05) is 30.4 Å². The van der Waals surface area contributed by atoms with Gasteiger partial charge in [0.15, 0.2) is 0 Å². The SMILES string of the molecule is NC(=O)COCCNc1cc2c(cc1[N+](=O)[O-])CC(=O)N2. The molecule has 0 atom stereocenters. The Labute approximate surface area is 119 Å². The first-order valence-corrected chi connectivity index (χ1v) is 6.18. The van der Waals surface area contributed by atoms with Crippen molar-refractivity contribution in [2.24, 2.45) is 5.73 Å². The molecule has 1 aromatic carbocycles. The fourth-order valence-corrected chi connectivity index (χ4v) is 1.98. The maximum Gasteiger partial charge on any atom is 0.292 e. The summed E-state index contributed by atoms with van der Waals surface area (Å²) in [4.78, 5) is 32.3. The molecule has 0 spiro atoms. The molecule has 21 heavy (non-hydrogen) atoms. The molecule has 1 aromatic rings. The van der Waals surface area contributed by atoms with E-state index in [0.717, 1.165) is 0 Å². The van der Waals surface area contributed by atoms with Gasteiger partial charge in [0.25, 0.3) is 5.69 Å². The fourth-order valence-electron chi connectivity index (χ4n) is 1.98. The number of benzene rings is 1. The molecular formula is C12H14N4O5. The Bertz CT molecular complexity index is 602. The molecule has 4 N–H and O–H groups in total. The predicted molar refractivity (Wildman–Crippen MR) is 73.9 cm³/mol. The molecule has 9 heteroatoms. The molecule has 2 rings (SSSR count). The number of nitrogens with one attached hydrogen (secondary N) is 2. The summed E-state index contributed by atoms with van der Waals surface area (Å²) in [6.45, 7) is 0.231. The Hall–Kier alpha value is -2.68. The molecule has 0 saturated carbocycles. The first-order chi connectivity index (χ1) is 9.97. The van der Waals surface area contributed by atoms with Gasteiger partial charge in [-0.1, -0.05) is 0 Å². The zero-order valence-corrected chi connectivity index (χ0v) is 11.0. The van der Waals surface area contributed by atoms with Crippen LogP contribution in [0, 0.1) is 10.1 Å². The number of anilines is 2. The van der Waals surface area contributed by atoms with Crippen LogP contribution in [0.25, 0.3) is 0 Å². The fraction of sp³-hybridized carbons (Fsp3) is 0.333. The summed E-state index contributed by atoms with van der Waals surface area (Å²) in [5, 5.41) is 16.5. The maximum atomic E-state index is 11.3. The Balaban J connectivity index is 2.04. The second kappa shape index (κ2) is 6.18. The molecule has 0 aliphatic carbocycles. The minimum Gasteiger partial charge on any atom is -0.377 e. The van der Waals surface area contributed by atoms with Gasteiger partial charge in [-0.15, -0.1) is 0 Å². The molecule has 1 aliphatic rings. The van der Waals surface area contributed by atoms with Gasteiger partial charge >= 0.3 is 0 Å². The number of nitrogens with zero attached hydrogens (tertiary/aromatic N) is 1. The lowest BCUT2D eigenvalue weighted by Gasteiger charge is -2.09. The second-order valence-electron chi connectivity index (χ2n) is 4.45. The van der Waals surface area contributed by atoms with Crippen LogP contribution in [-0.2, 0) is 20.7 Å². The molecule has 0 unspecified atom stereocenters. The number of hydrogen-bond donors (Lipinski definition) is 3. The summed E-state index contributed by atoms with van der Waals surface area (Å²) in [6, 6.07) is 2.90. The lowest BCUT2D eigenvalue weighted by atomic mass is 10.1. The highest BCUT2D eigenvalue weighted by Gasteiger charge is 2.24. The van der Waals surface area contributed by atoms with E-state index in [1.807, 2.05) is 0 Å². The van der Waals surface area contributed by atoms with Gasteiger partial charge < -0.3 is 21.1 Å². The zero-order chi connectivity index (χ0) is 15.4. The Morgan fingerprint density at radius 1 is 1.52 bits per heavy atom. The predicted octanol–water partition coefficient (Wildman–Crippen LogP) is 0.00320. The highest BCUT2D eigenvalue weighted by molar-refractivity contribution is 6.00. The lowest BCUT2D eigenvalue weighted by Crippen LogP contribution is -2.20. The normalized spacial score (nSPS) is 12.7. The first-order valence-electron chi connectivity index (χ1n) is 6.18. The van der Waals surface area contributed by atoms with Crippen molar-refractivity contribution >= 4 is 28.9 Å². The highest BCUT2D eigenvalue weighted by atomic mass is 16.6. The maximum absolute atomic E-state index is 11.3. The Morgan fingerprint density at radius 2 is 2.29 bits per heavy atom. The number of nitrogens with two attached hydrogens (primary N) is 1. The minimum absolute atomic E-state index is 0.111. The topological polar surface area (TPSA) is 137 Å². The smallest absolute Gasteiger partial charge is 0.292 e. The van der Waals surface area contributed by atoms with Crippen molar-refractivity contribution in [1.29, 1.82) is 0 Å². The van der Waals surface area contributed by atoms with E-state index in [0.29, 0.717) is 11.3 Å². The Kier molecular flexibility index (Phi) is 4.33. The van der Waals surface area contributed by atoms with Gasteiger partial charge in [-0.05, 0) is 11.6 Å². The summed E-state index contributed by atoms with van der Waals surface area (Å²) in [5.41, 5.74) is 6.24. The van der Waals surface area contributed by atoms with E-state index in [9.17, 15) is 19.7 Å². The number of ether oxygens (including phenoxy) is 1.